The van der Waals surface area contributed by atoms with Crippen molar-refractivity contribution in [3.05, 3.63) is 47.2 Å². The second-order valence-corrected chi connectivity index (χ2v) is 8.28. The van der Waals surface area contributed by atoms with E-state index in [-0.39, 0.29) is 29.7 Å². The molecule has 0 atom stereocenters. The molecule has 3 aromatic rings. The van der Waals surface area contributed by atoms with Crippen molar-refractivity contribution in [3.63, 3.8) is 0 Å². The summed E-state index contributed by atoms with van der Waals surface area (Å²) in [6.07, 6.45) is 7.55. The van der Waals surface area contributed by atoms with Crippen LogP contribution in [0.5, 0.6) is 11.5 Å². The van der Waals surface area contributed by atoms with Crippen LogP contribution >= 0.6 is 0 Å². The second kappa shape index (κ2) is 8.01. The Kier molecular flexibility index (Phi) is 5.11. The number of anilines is 4. The van der Waals surface area contributed by atoms with Crippen LogP contribution in [0.15, 0.2) is 24.7 Å². The lowest BCUT2D eigenvalue weighted by atomic mass is 10.0. The molecule has 176 valence electrons. The van der Waals surface area contributed by atoms with Crippen molar-refractivity contribution in [2.24, 2.45) is 7.05 Å². The van der Waals surface area contributed by atoms with E-state index in [4.69, 9.17) is 20.6 Å². The normalized spacial score (nSPS) is 15.4. The number of urea groups is 1. The Hall–Kier alpha value is -4.15. The summed E-state index contributed by atoms with van der Waals surface area (Å²) in [6.45, 7) is 0.0337. The molecule has 0 spiro atoms. The molecule has 1 saturated carbocycles. The number of amides is 2. The van der Waals surface area contributed by atoms with Crippen molar-refractivity contribution in [2.45, 2.75) is 25.3 Å². The molecule has 2 aromatic heterocycles. The number of hydrogen-bond donors (Lipinski definition) is 2. The zero-order valence-corrected chi connectivity index (χ0v) is 19.0. The Morgan fingerprint density at radius 1 is 1.21 bits per heavy atom. The van der Waals surface area contributed by atoms with Gasteiger partial charge in [0.15, 0.2) is 11.6 Å². The Balaban J connectivity index is 1.77. The Labute approximate surface area is 195 Å². The molecule has 0 radical (unpaired) electrons. The van der Waals surface area contributed by atoms with E-state index in [0.29, 0.717) is 33.8 Å². The molecule has 2 aliphatic rings. The van der Waals surface area contributed by atoms with Gasteiger partial charge in [0.2, 0.25) is 0 Å². The van der Waals surface area contributed by atoms with Gasteiger partial charge in [-0.2, -0.15) is 5.10 Å². The Morgan fingerprint density at radius 2 is 1.94 bits per heavy atom. The first-order valence-corrected chi connectivity index (χ1v) is 10.7. The topological polar surface area (TPSA) is 123 Å². The standard InChI is InChI=1S/C23H24FN7O3/c1-29-11-14(9-28-29)31-20-13(8-27-22(26)15(20)7-25)10-30(23(31)32)21-18(12-4-5-12)16(33-2)6-17(34-3)19(21)24/h6-9,11-12,25H,4-5,10H2,1-3H3,(H2,26,27). The highest BCUT2D eigenvalue weighted by atomic mass is 19.1. The van der Waals surface area contributed by atoms with Crippen LogP contribution in [0.1, 0.15) is 35.4 Å². The van der Waals surface area contributed by atoms with Gasteiger partial charge in [0.25, 0.3) is 0 Å². The van der Waals surface area contributed by atoms with E-state index in [2.05, 4.69) is 10.1 Å². The van der Waals surface area contributed by atoms with Gasteiger partial charge in [0, 0.05) is 42.8 Å². The first kappa shape index (κ1) is 21.7. The number of nitrogens with zero attached hydrogens (tertiary/aromatic N) is 5. The van der Waals surface area contributed by atoms with Gasteiger partial charge in [-0.3, -0.25) is 14.5 Å². The van der Waals surface area contributed by atoms with E-state index in [9.17, 15) is 4.79 Å². The molecular formula is C23H24FN7O3. The summed E-state index contributed by atoms with van der Waals surface area (Å²) in [4.78, 5) is 21.0. The maximum Gasteiger partial charge on any atom is 0.334 e. The van der Waals surface area contributed by atoms with Gasteiger partial charge in [-0.1, -0.05) is 0 Å². The van der Waals surface area contributed by atoms with Crippen LogP contribution in [0.4, 0.5) is 32.1 Å². The number of benzene rings is 1. The quantitative estimate of drug-likeness (QED) is 0.535. The molecular weight excluding hydrogens is 441 g/mol. The van der Waals surface area contributed by atoms with E-state index in [1.54, 1.807) is 24.1 Å². The number of rotatable bonds is 6. The van der Waals surface area contributed by atoms with E-state index < -0.39 is 11.8 Å². The zero-order valence-electron chi connectivity index (χ0n) is 19.0. The lowest BCUT2D eigenvalue weighted by Gasteiger charge is -2.38. The summed E-state index contributed by atoms with van der Waals surface area (Å²) in [5.41, 5.74) is 8.60. The maximum absolute atomic E-state index is 15.8. The second-order valence-electron chi connectivity index (χ2n) is 8.28. The molecule has 0 bridgehead atoms. The number of aromatic nitrogens is 3. The molecule has 0 saturated heterocycles. The summed E-state index contributed by atoms with van der Waals surface area (Å²) in [5, 5.41) is 12.1. The summed E-state index contributed by atoms with van der Waals surface area (Å²) in [5.74, 6) is 0.0185. The number of halogens is 1. The monoisotopic (exact) mass is 465 g/mol. The summed E-state index contributed by atoms with van der Waals surface area (Å²) < 4.78 is 28.2. The van der Waals surface area contributed by atoms with E-state index in [0.717, 1.165) is 19.1 Å². The molecule has 0 unspecified atom stereocenters. The van der Waals surface area contributed by atoms with Crippen LogP contribution in [-0.2, 0) is 13.6 Å². The summed E-state index contributed by atoms with van der Waals surface area (Å²) in [7, 11) is 4.62. The van der Waals surface area contributed by atoms with Crippen LogP contribution in [0.25, 0.3) is 0 Å². The fourth-order valence-electron chi connectivity index (χ4n) is 4.45. The minimum absolute atomic E-state index is 0.0154. The number of carbonyl (C=O) groups excluding carboxylic acids is 1. The molecule has 34 heavy (non-hydrogen) atoms. The third-order valence-electron chi connectivity index (χ3n) is 6.17. The minimum Gasteiger partial charge on any atom is -0.496 e. The van der Waals surface area contributed by atoms with Gasteiger partial charge in [-0.15, -0.1) is 0 Å². The third-order valence-corrected chi connectivity index (χ3v) is 6.17. The molecule has 1 aliphatic carbocycles. The summed E-state index contributed by atoms with van der Waals surface area (Å²) in [6, 6.07) is 1.01. The van der Waals surface area contributed by atoms with Gasteiger partial charge < -0.3 is 20.6 Å². The highest BCUT2D eigenvalue weighted by molar-refractivity contribution is 6.14. The van der Waals surface area contributed by atoms with Gasteiger partial charge in [-0.25, -0.2) is 14.2 Å². The number of methoxy groups -OCH3 is 2. The lowest BCUT2D eigenvalue weighted by molar-refractivity contribution is 0.252. The number of nitrogens with two attached hydrogens (primary N) is 1. The maximum atomic E-state index is 15.8. The number of nitrogen functional groups attached to an aromatic ring is 1. The van der Waals surface area contributed by atoms with Gasteiger partial charge >= 0.3 is 6.03 Å². The highest BCUT2D eigenvalue weighted by Crippen LogP contribution is 2.53. The predicted octanol–water partition coefficient (Wildman–Crippen LogP) is 3.71. The van der Waals surface area contributed by atoms with Crippen LogP contribution in [-0.4, -0.2) is 41.2 Å². The van der Waals surface area contributed by atoms with Crippen LogP contribution in [0.3, 0.4) is 0 Å². The molecule has 5 rings (SSSR count). The van der Waals surface area contributed by atoms with Crippen LogP contribution < -0.4 is 25.0 Å². The number of carbonyl (C=O) groups is 1. The molecule has 3 N–H and O–H groups in total. The van der Waals surface area contributed by atoms with E-state index >= 15 is 4.39 Å². The van der Waals surface area contributed by atoms with Crippen molar-refractivity contribution in [2.75, 3.05) is 29.8 Å². The molecule has 11 heteroatoms. The van der Waals surface area contributed by atoms with Crippen LogP contribution in [0, 0.1) is 11.2 Å². The van der Waals surface area contributed by atoms with Crippen molar-refractivity contribution < 1.29 is 18.7 Å². The molecule has 1 aliphatic heterocycles. The molecule has 2 amide bonds. The van der Waals surface area contributed by atoms with E-state index in [1.165, 1.54) is 36.3 Å². The van der Waals surface area contributed by atoms with E-state index in [1.807, 2.05) is 0 Å². The molecule has 10 nitrogen and oxygen atoms in total. The fraction of sp³-hybridized carbons (Fsp3) is 0.304. The van der Waals surface area contributed by atoms with Crippen molar-refractivity contribution >= 4 is 35.1 Å². The van der Waals surface area contributed by atoms with Gasteiger partial charge in [-0.05, 0) is 18.8 Å². The number of ether oxygens (including phenoxy) is 2. The number of nitrogens with one attached hydrogen (secondary N) is 1. The highest BCUT2D eigenvalue weighted by Gasteiger charge is 2.41. The molecule has 3 heterocycles. The van der Waals surface area contributed by atoms with Gasteiger partial charge in [0.1, 0.15) is 11.6 Å². The Bertz CT molecular complexity index is 1320. The number of fused-ring (bicyclic) bond motifs is 1. The zero-order chi connectivity index (χ0) is 24.1. The minimum atomic E-state index is -0.635. The predicted molar refractivity (Wildman–Crippen MR) is 125 cm³/mol. The average molecular weight is 465 g/mol. The first-order chi connectivity index (χ1) is 16.4. The first-order valence-electron chi connectivity index (χ1n) is 10.7. The average Bonchev–Trinajstić information content (AvgIpc) is 3.58. The van der Waals surface area contributed by atoms with Crippen molar-refractivity contribution in [3.8, 4) is 11.5 Å². The largest absolute Gasteiger partial charge is 0.496 e. The number of pyridine rings is 1. The number of hydrogen-bond acceptors (Lipinski definition) is 7. The number of aryl methyl sites for hydroxylation is 1. The lowest BCUT2D eigenvalue weighted by Crippen LogP contribution is -2.46. The van der Waals surface area contributed by atoms with Crippen molar-refractivity contribution in [1.82, 2.24) is 14.8 Å². The van der Waals surface area contributed by atoms with Crippen molar-refractivity contribution in [1.29, 1.82) is 5.41 Å². The smallest absolute Gasteiger partial charge is 0.334 e. The molecule has 1 aromatic carbocycles. The fourth-order valence-corrected chi connectivity index (χ4v) is 4.45. The Morgan fingerprint density at radius 3 is 2.53 bits per heavy atom. The molecule has 1 fully saturated rings. The summed E-state index contributed by atoms with van der Waals surface area (Å²) >= 11 is 0. The van der Waals surface area contributed by atoms with Crippen LogP contribution in [0.2, 0.25) is 0 Å². The SMILES string of the molecule is COc1cc(OC)c(C2CC2)c(N2Cc3cnc(N)c(C=N)c3N(c3cnn(C)c3)C2=O)c1F. The van der Waals surface area contributed by atoms with Gasteiger partial charge in [0.05, 0.1) is 49.6 Å². The third kappa shape index (κ3) is 3.23.